The van der Waals surface area contributed by atoms with Crippen molar-refractivity contribution in [3.63, 3.8) is 0 Å². The Morgan fingerprint density at radius 3 is 1.14 bits per heavy atom. The van der Waals surface area contributed by atoms with E-state index in [1.807, 2.05) is 85.2 Å². The zero-order chi connectivity index (χ0) is 25.8. The van der Waals surface area contributed by atoms with Gasteiger partial charge in [-0.1, -0.05) is 38.1 Å². The van der Waals surface area contributed by atoms with Crippen molar-refractivity contribution in [2.75, 3.05) is 0 Å². The average molecular weight is 673 g/mol. The second-order valence-electron chi connectivity index (χ2n) is 7.45. The van der Waals surface area contributed by atoms with Gasteiger partial charge in [0.25, 0.3) is 0 Å². The Morgan fingerprint density at radius 2 is 0.889 bits per heavy atom. The molecule has 0 aliphatic heterocycles. The Balaban J connectivity index is 0.000000185. The Hall–Kier alpha value is -3.32. The third kappa shape index (κ3) is 10.5. The van der Waals surface area contributed by atoms with Crippen molar-refractivity contribution in [2.24, 2.45) is 0 Å². The number of nitrogens with zero attached hydrogens (tertiary/aromatic N) is 5. The van der Waals surface area contributed by atoms with Gasteiger partial charge in [0.05, 0.1) is 22.8 Å². The Bertz CT molecular complexity index is 1030. The standard InChI is InChI=1S/2C10H8N2.C9H13N.ClH.Os/c2*1-3-7-11-9(5-1)10-6-2-4-8-12-10;1-3-8(2)9-4-6-10-7-5-9;;/h2*1-8H;4-8H,3H2,1-2H3;1H;/q;;;;+1/p-1. The second-order valence-corrected chi connectivity index (χ2v) is 7.45. The van der Waals surface area contributed by atoms with Gasteiger partial charge in [-0.2, -0.15) is 0 Å². The first-order valence-electron chi connectivity index (χ1n) is 11.5. The van der Waals surface area contributed by atoms with Crippen LogP contribution in [0, 0.1) is 0 Å². The number of halogens is 1. The maximum absolute atomic E-state index is 4.67. The van der Waals surface area contributed by atoms with E-state index in [2.05, 4.69) is 60.5 Å². The van der Waals surface area contributed by atoms with Crippen LogP contribution in [-0.2, 0) is 17.6 Å². The van der Waals surface area contributed by atoms with Crippen molar-refractivity contribution in [2.45, 2.75) is 26.2 Å². The third-order valence-electron chi connectivity index (χ3n) is 5.07. The molecule has 0 aliphatic rings. The summed E-state index contributed by atoms with van der Waals surface area (Å²) in [6, 6.07) is 27.3. The second kappa shape index (κ2) is 18.0. The van der Waals surface area contributed by atoms with E-state index in [4.69, 9.17) is 0 Å². The molecule has 5 aromatic heterocycles. The van der Waals surface area contributed by atoms with Crippen LogP contribution in [-0.4, -0.2) is 24.9 Å². The smallest absolute Gasteiger partial charge is 0.0886 e. The molecule has 5 heterocycles. The average Bonchev–Trinajstić information content (AvgIpc) is 3.01. The monoisotopic (exact) mass is 674 g/mol. The van der Waals surface area contributed by atoms with E-state index in [1.165, 1.54) is 29.6 Å². The molecule has 185 valence electrons. The molecule has 5 aromatic rings. The van der Waals surface area contributed by atoms with E-state index >= 15 is 0 Å². The van der Waals surface area contributed by atoms with Crippen LogP contribution >= 0.6 is 9.64 Å². The van der Waals surface area contributed by atoms with Crippen molar-refractivity contribution in [1.29, 1.82) is 0 Å². The number of hydrogen-bond acceptors (Lipinski definition) is 5. The molecule has 0 fully saturated rings. The molecule has 0 bridgehead atoms. The summed E-state index contributed by atoms with van der Waals surface area (Å²) in [5, 5.41) is 0. The zero-order valence-corrected chi connectivity index (χ0v) is 23.6. The van der Waals surface area contributed by atoms with Crippen molar-refractivity contribution in [3.05, 3.63) is 128 Å². The van der Waals surface area contributed by atoms with Gasteiger partial charge in [-0.3, -0.25) is 24.9 Å². The summed E-state index contributed by atoms with van der Waals surface area (Å²) >= 11 is 1.33. The molecule has 0 saturated heterocycles. The van der Waals surface area contributed by atoms with Gasteiger partial charge in [-0.05, 0) is 78.6 Å². The summed E-state index contributed by atoms with van der Waals surface area (Å²) in [7, 11) is 4.67. The number of hydrogen-bond donors (Lipinski definition) is 0. The fourth-order valence-electron chi connectivity index (χ4n) is 2.98. The van der Waals surface area contributed by atoms with E-state index < -0.39 is 0 Å². The molecule has 7 heteroatoms. The van der Waals surface area contributed by atoms with E-state index in [0.29, 0.717) is 5.92 Å². The summed E-state index contributed by atoms with van der Waals surface area (Å²) in [4.78, 5) is 20.7. The molecule has 5 rings (SSSR count). The summed E-state index contributed by atoms with van der Waals surface area (Å²) in [6.45, 7) is 4.43. The van der Waals surface area contributed by atoms with Gasteiger partial charge in [-0.15, -0.1) is 0 Å². The molecule has 0 aromatic carbocycles. The van der Waals surface area contributed by atoms with Gasteiger partial charge < -0.3 is 0 Å². The maximum Gasteiger partial charge on any atom is 0.0886 e. The van der Waals surface area contributed by atoms with Gasteiger partial charge >= 0.3 is 27.2 Å². The van der Waals surface area contributed by atoms with Crippen LogP contribution in [0.3, 0.4) is 0 Å². The molecule has 0 aliphatic carbocycles. The zero-order valence-electron chi connectivity index (χ0n) is 20.3. The van der Waals surface area contributed by atoms with Crippen LogP contribution in [0.1, 0.15) is 31.7 Å². The first kappa shape index (κ1) is 28.9. The van der Waals surface area contributed by atoms with Crippen LogP contribution in [0.15, 0.2) is 122 Å². The predicted molar refractivity (Wildman–Crippen MR) is 144 cm³/mol. The quantitative estimate of drug-likeness (QED) is 0.197. The molecule has 1 atom stereocenters. The Labute approximate surface area is 228 Å². The van der Waals surface area contributed by atoms with Gasteiger partial charge in [-0.25, -0.2) is 0 Å². The third-order valence-corrected chi connectivity index (χ3v) is 5.07. The maximum atomic E-state index is 4.67. The SMILES string of the molecule is CCC(C)c1ccncc1.[Cl][Os].c1ccc(-c2ccccn2)nc1.c1ccc(-c2ccccn2)nc1. The molecule has 1 unspecified atom stereocenters. The molecular formula is C29H29ClN5Os. The van der Waals surface area contributed by atoms with E-state index in [1.54, 1.807) is 24.8 Å². The number of rotatable bonds is 4. The van der Waals surface area contributed by atoms with Gasteiger partial charge in [0.1, 0.15) is 0 Å². The van der Waals surface area contributed by atoms with Crippen LogP contribution in [0.5, 0.6) is 0 Å². The minimum Gasteiger partial charge on any atom is -0.255 e. The Kier molecular flexibility index (Phi) is 14.5. The van der Waals surface area contributed by atoms with Crippen LogP contribution in [0.25, 0.3) is 22.8 Å². The van der Waals surface area contributed by atoms with Gasteiger partial charge in [0, 0.05) is 37.2 Å². The number of aromatic nitrogens is 5. The first-order chi connectivity index (χ1) is 17.8. The molecule has 5 nitrogen and oxygen atoms in total. The summed E-state index contributed by atoms with van der Waals surface area (Å²) < 4.78 is 0. The van der Waals surface area contributed by atoms with Crippen molar-refractivity contribution < 1.29 is 17.6 Å². The number of pyridine rings is 5. The van der Waals surface area contributed by atoms with Crippen molar-refractivity contribution >= 4 is 9.64 Å². The molecule has 0 saturated carbocycles. The Morgan fingerprint density at radius 1 is 0.556 bits per heavy atom. The van der Waals surface area contributed by atoms with Crippen molar-refractivity contribution in [3.8, 4) is 22.8 Å². The first-order valence-corrected chi connectivity index (χ1v) is 14.6. The summed E-state index contributed by atoms with van der Waals surface area (Å²) in [5.41, 5.74) is 5.05. The summed E-state index contributed by atoms with van der Waals surface area (Å²) in [5.74, 6) is 0.669. The minimum absolute atomic E-state index is 0.669. The van der Waals surface area contributed by atoms with Gasteiger partial charge in [0.15, 0.2) is 0 Å². The minimum atomic E-state index is 0.669. The molecule has 0 spiro atoms. The van der Waals surface area contributed by atoms with Crippen molar-refractivity contribution in [1.82, 2.24) is 24.9 Å². The van der Waals surface area contributed by atoms with E-state index in [-0.39, 0.29) is 0 Å². The van der Waals surface area contributed by atoms with Gasteiger partial charge in [0.2, 0.25) is 0 Å². The summed E-state index contributed by atoms with van der Waals surface area (Å²) in [6.07, 6.45) is 12.0. The van der Waals surface area contributed by atoms with E-state index in [0.717, 1.165) is 22.8 Å². The predicted octanol–water partition coefficient (Wildman–Crippen LogP) is 7.57. The molecule has 0 N–H and O–H groups in total. The molecule has 0 radical (unpaired) electrons. The van der Waals surface area contributed by atoms with Crippen LogP contribution < -0.4 is 0 Å². The van der Waals surface area contributed by atoms with Crippen LogP contribution in [0.2, 0.25) is 0 Å². The largest absolute Gasteiger partial charge is 0.255 e. The molecule has 0 amide bonds. The molecular weight excluding hydrogens is 644 g/mol. The fourth-order valence-corrected chi connectivity index (χ4v) is 2.98. The normalized spacial score (nSPS) is 10.2. The fraction of sp³-hybridized carbons (Fsp3) is 0.138. The van der Waals surface area contributed by atoms with E-state index in [9.17, 15) is 0 Å². The topological polar surface area (TPSA) is 64.5 Å². The molecule has 36 heavy (non-hydrogen) atoms. The van der Waals surface area contributed by atoms with Crippen LogP contribution in [0.4, 0.5) is 0 Å².